The van der Waals surface area contributed by atoms with E-state index in [9.17, 15) is 9.18 Å². The average Bonchev–Trinajstić information content (AvgIpc) is 2.22. The third-order valence-corrected chi connectivity index (χ3v) is 4.18. The highest BCUT2D eigenvalue weighted by Gasteiger charge is 2.20. The molecule has 0 bridgehead atoms. The van der Waals surface area contributed by atoms with Gasteiger partial charge in [-0.15, -0.1) is 0 Å². The third-order valence-electron chi connectivity index (χ3n) is 2.05. The normalized spacial score (nSPS) is 12.6. The van der Waals surface area contributed by atoms with Crippen LogP contribution in [0.15, 0.2) is 22.7 Å². The van der Waals surface area contributed by atoms with Crippen LogP contribution in [0.25, 0.3) is 0 Å². The first-order valence-electron chi connectivity index (χ1n) is 4.82. The van der Waals surface area contributed by atoms with Crippen molar-refractivity contribution in [1.29, 1.82) is 0 Å². The zero-order chi connectivity index (χ0) is 12.3. The van der Waals surface area contributed by atoms with Crippen LogP contribution in [0, 0.1) is 11.7 Å². The van der Waals surface area contributed by atoms with Crippen molar-refractivity contribution in [3.8, 4) is 0 Å². The van der Waals surface area contributed by atoms with Crippen molar-refractivity contribution in [3.05, 3.63) is 28.5 Å². The summed E-state index contributed by atoms with van der Waals surface area (Å²) in [6.45, 7) is 3.82. The van der Waals surface area contributed by atoms with Gasteiger partial charge in [0, 0.05) is 4.47 Å². The van der Waals surface area contributed by atoms with Gasteiger partial charge in [0.1, 0.15) is 5.82 Å². The van der Waals surface area contributed by atoms with E-state index in [-0.39, 0.29) is 22.3 Å². The number of nitrogens with one attached hydrogen (secondary N) is 1. The SMILES string of the molecule is CC(C)C(Br)C(=O)Nc1c(F)cccc1Br. The summed E-state index contributed by atoms with van der Waals surface area (Å²) in [4.78, 5) is 11.4. The van der Waals surface area contributed by atoms with Gasteiger partial charge >= 0.3 is 0 Å². The number of hydrogen-bond donors (Lipinski definition) is 1. The van der Waals surface area contributed by atoms with Gasteiger partial charge in [-0.05, 0) is 34.0 Å². The van der Waals surface area contributed by atoms with Crippen molar-refractivity contribution in [2.75, 3.05) is 5.32 Å². The van der Waals surface area contributed by atoms with Crippen molar-refractivity contribution < 1.29 is 9.18 Å². The molecule has 1 aromatic carbocycles. The van der Waals surface area contributed by atoms with E-state index in [2.05, 4.69) is 37.2 Å². The van der Waals surface area contributed by atoms with Crippen LogP contribution in [-0.2, 0) is 4.79 Å². The monoisotopic (exact) mass is 351 g/mol. The first-order chi connectivity index (χ1) is 7.43. The van der Waals surface area contributed by atoms with Gasteiger partial charge in [-0.25, -0.2) is 4.39 Å². The summed E-state index contributed by atoms with van der Waals surface area (Å²) in [5, 5.41) is 2.55. The predicted molar refractivity (Wildman–Crippen MR) is 70.3 cm³/mol. The molecule has 0 saturated carbocycles. The van der Waals surface area contributed by atoms with E-state index in [0.717, 1.165) is 0 Å². The molecule has 0 aliphatic carbocycles. The lowest BCUT2D eigenvalue weighted by Crippen LogP contribution is -2.27. The van der Waals surface area contributed by atoms with Gasteiger partial charge < -0.3 is 5.32 Å². The maximum Gasteiger partial charge on any atom is 0.238 e. The molecule has 0 aliphatic rings. The first-order valence-corrected chi connectivity index (χ1v) is 6.53. The van der Waals surface area contributed by atoms with Gasteiger partial charge in [-0.1, -0.05) is 35.8 Å². The summed E-state index contributed by atoms with van der Waals surface area (Å²) in [7, 11) is 0. The number of hydrogen-bond acceptors (Lipinski definition) is 1. The second-order valence-electron chi connectivity index (χ2n) is 3.73. The van der Waals surface area contributed by atoms with Crippen molar-refractivity contribution in [3.63, 3.8) is 0 Å². The minimum Gasteiger partial charge on any atom is -0.322 e. The van der Waals surface area contributed by atoms with Gasteiger partial charge in [0.2, 0.25) is 5.91 Å². The number of carbonyl (C=O) groups is 1. The Balaban J connectivity index is 2.85. The van der Waals surface area contributed by atoms with Gasteiger partial charge in [-0.3, -0.25) is 4.79 Å². The Morgan fingerprint density at radius 3 is 2.56 bits per heavy atom. The van der Waals surface area contributed by atoms with Crippen LogP contribution >= 0.6 is 31.9 Å². The molecular formula is C11H12Br2FNO. The summed E-state index contributed by atoms with van der Waals surface area (Å²) in [6, 6.07) is 4.55. The van der Waals surface area contributed by atoms with Gasteiger partial charge in [0.05, 0.1) is 10.5 Å². The van der Waals surface area contributed by atoms with Crippen molar-refractivity contribution >= 4 is 43.5 Å². The molecule has 0 saturated heterocycles. The number of halogens is 3. The second kappa shape index (κ2) is 5.77. The Bertz CT molecular complexity index is 375. The minimum atomic E-state index is -0.453. The van der Waals surface area contributed by atoms with E-state index in [1.54, 1.807) is 12.1 Å². The van der Waals surface area contributed by atoms with Crippen LogP contribution in [0.2, 0.25) is 0 Å². The molecule has 16 heavy (non-hydrogen) atoms. The summed E-state index contributed by atoms with van der Waals surface area (Å²) in [5.41, 5.74) is 0.178. The lowest BCUT2D eigenvalue weighted by Gasteiger charge is -2.15. The van der Waals surface area contributed by atoms with Gasteiger partial charge in [0.15, 0.2) is 0 Å². The zero-order valence-corrected chi connectivity index (χ0v) is 12.1. The molecule has 0 fully saturated rings. The number of carbonyl (C=O) groups excluding carboxylic acids is 1. The number of alkyl halides is 1. The van der Waals surface area contributed by atoms with E-state index < -0.39 is 5.82 Å². The molecule has 2 nitrogen and oxygen atoms in total. The molecule has 0 aromatic heterocycles. The van der Waals surface area contributed by atoms with Crippen molar-refractivity contribution in [1.82, 2.24) is 0 Å². The van der Waals surface area contributed by atoms with Crippen LogP contribution in [0.1, 0.15) is 13.8 Å². The number of anilines is 1. The lowest BCUT2D eigenvalue weighted by atomic mass is 10.1. The summed E-state index contributed by atoms with van der Waals surface area (Å²) in [6.07, 6.45) is 0. The summed E-state index contributed by atoms with van der Waals surface area (Å²) < 4.78 is 13.9. The Morgan fingerprint density at radius 2 is 2.06 bits per heavy atom. The summed E-state index contributed by atoms with van der Waals surface area (Å²) >= 11 is 6.46. The largest absolute Gasteiger partial charge is 0.322 e. The predicted octanol–water partition coefficient (Wildman–Crippen LogP) is 3.95. The Morgan fingerprint density at radius 1 is 1.44 bits per heavy atom. The fraction of sp³-hybridized carbons (Fsp3) is 0.364. The highest BCUT2D eigenvalue weighted by atomic mass is 79.9. The van der Waals surface area contributed by atoms with Crippen molar-refractivity contribution in [2.24, 2.45) is 5.92 Å². The molecule has 1 unspecified atom stereocenters. The third kappa shape index (κ3) is 3.28. The Hall–Kier alpha value is -0.420. The van der Waals surface area contributed by atoms with Crippen LogP contribution in [0.3, 0.4) is 0 Å². The molecule has 0 aliphatic heterocycles. The molecule has 1 amide bonds. The molecular weight excluding hydrogens is 341 g/mol. The molecule has 0 spiro atoms. The maximum absolute atomic E-state index is 13.4. The van der Waals surface area contributed by atoms with Crippen LogP contribution in [0.5, 0.6) is 0 Å². The molecule has 5 heteroatoms. The van der Waals surface area contributed by atoms with E-state index >= 15 is 0 Å². The number of amides is 1. The van der Waals surface area contributed by atoms with E-state index in [4.69, 9.17) is 0 Å². The molecule has 88 valence electrons. The fourth-order valence-corrected chi connectivity index (χ4v) is 1.67. The van der Waals surface area contributed by atoms with Gasteiger partial charge in [0.25, 0.3) is 0 Å². The van der Waals surface area contributed by atoms with E-state index in [1.165, 1.54) is 6.07 Å². The Labute approximate surface area is 111 Å². The van der Waals surface area contributed by atoms with Crippen LogP contribution in [0.4, 0.5) is 10.1 Å². The lowest BCUT2D eigenvalue weighted by molar-refractivity contribution is -0.116. The second-order valence-corrected chi connectivity index (χ2v) is 5.57. The zero-order valence-electron chi connectivity index (χ0n) is 8.93. The minimum absolute atomic E-state index is 0.144. The van der Waals surface area contributed by atoms with Crippen molar-refractivity contribution in [2.45, 2.75) is 18.7 Å². The maximum atomic E-state index is 13.4. The van der Waals surface area contributed by atoms with Gasteiger partial charge in [-0.2, -0.15) is 0 Å². The molecule has 0 radical (unpaired) electrons. The average molecular weight is 353 g/mol. The molecule has 1 N–H and O–H groups in total. The molecule has 1 atom stereocenters. The standard InChI is InChI=1S/C11H12Br2FNO/c1-6(2)9(13)11(16)15-10-7(12)4-3-5-8(10)14/h3-6,9H,1-2H3,(H,15,16). The molecule has 1 rings (SSSR count). The Kier molecular flexibility index (Phi) is 4.92. The number of rotatable bonds is 3. The molecule has 1 aromatic rings. The van der Waals surface area contributed by atoms with E-state index in [0.29, 0.717) is 4.47 Å². The topological polar surface area (TPSA) is 29.1 Å². The smallest absolute Gasteiger partial charge is 0.238 e. The highest BCUT2D eigenvalue weighted by molar-refractivity contribution is 9.10. The van der Waals surface area contributed by atoms with E-state index in [1.807, 2.05) is 13.8 Å². The quantitative estimate of drug-likeness (QED) is 0.820. The molecule has 0 heterocycles. The van der Waals surface area contributed by atoms with Crippen LogP contribution in [-0.4, -0.2) is 10.7 Å². The number of para-hydroxylation sites is 1. The first kappa shape index (κ1) is 13.6. The highest BCUT2D eigenvalue weighted by Crippen LogP contribution is 2.26. The fourth-order valence-electron chi connectivity index (χ4n) is 1.11. The summed E-state index contributed by atoms with van der Waals surface area (Å²) in [5.74, 6) is -0.558. The number of benzene rings is 1. The van der Waals surface area contributed by atoms with Crippen LogP contribution < -0.4 is 5.32 Å².